The summed E-state index contributed by atoms with van der Waals surface area (Å²) in [7, 11) is -2.26. The standard InChI is InChI=1S/C14H14N2O3S/c1-11-7-8-13(19-11)10-16(2)20(17,18)14-6-4-3-5-12(14)9-15/h3-8H,10H2,1-2H3. The minimum Gasteiger partial charge on any atom is -0.465 e. The number of nitrogens with zero attached hydrogens (tertiary/aromatic N) is 2. The summed E-state index contributed by atoms with van der Waals surface area (Å²) in [5.74, 6) is 1.28. The number of benzene rings is 1. The monoisotopic (exact) mass is 290 g/mol. The lowest BCUT2D eigenvalue weighted by atomic mass is 10.2. The van der Waals surface area contributed by atoms with Gasteiger partial charge in [0, 0.05) is 7.05 Å². The van der Waals surface area contributed by atoms with Crippen LogP contribution in [0.5, 0.6) is 0 Å². The van der Waals surface area contributed by atoms with Crippen LogP contribution in [0.2, 0.25) is 0 Å². The fourth-order valence-electron chi connectivity index (χ4n) is 1.83. The largest absolute Gasteiger partial charge is 0.465 e. The Morgan fingerprint density at radius 2 is 1.95 bits per heavy atom. The van der Waals surface area contributed by atoms with E-state index in [2.05, 4.69) is 0 Å². The Balaban J connectivity index is 2.32. The molecule has 1 aromatic heterocycles. The average molecular weight is 290 g/mol. The molecule has 6 heteroatoms. The van der Waals surface area contributed by atoms with Gasteiger partial charge in [0.25, 0.3) is 0 Å². The molecule has 0 atom stereocenters. The van der Waals surface area contributed by atoms with Crippen molar-refractivity contribution in [2.24, 2.45) is 0 Å². The molecule has 0 aliphatic heterocycles. The molecule has 104 valence electrons. The molecule has 0 fully saturated rings. The highest BCUT2D eigenvalue weighted by atomic mass is 32.2. The number of hydrogen-bond acceptors (Lipinski definition) is 4. The number of hydrogen-bond donors (Lipinski definition) is 0. The first kappa shape index (κ1) is 14.3. The minimum absolute atomic E-state index is 0.00766. The Labute approximate surface area is 118 Å². The van der Waals surface area contributed by atoms with Gasteiger partial charge in [-0.05, 0) is 31.2 Å². The van der Waals surface area contributed by atoms with Crippen LogP contribution in [-0.4, -0.2) is 19.8 Å². The molecule has 0 aliphatic carbocycles. The quantitative estimate of drug-likeness (QED) is 0.865. The summed E-state index contributed by atoms with van der Waals surface area (Å²) in [4.78, 5) is 0.00766. The third kappa shape index (κ3) is 2.74. The van der Waals surface area contributed by atoms with Gasteiger partial charge in [-0.15, -0.1) is 0 Å². The van der Waals surface area contributed by atoms with E-state index in [1.54, 1.807) is 31.2 Å². The summed E-state index contributed by atoms with van der Waals surface area (Å²) < 4.78 is 31.5. The molecule has 0 spiro atoms. The van der Waals surface area contributed by atoms with Gasteiger partial charge in [-0.2, -0.15) is 9.57 Å². The van der Waals surface area contributed by atoms with Crippen LogP contribution in [-0.2, 0) is 16.6 Å². The first-order chi connectivity index (χ1) is 9.45. The second-order valence-electron chi connectivity index (χ2n) is 4.38. The third-order valence-corrected chi connectivity index (χ3v) is 4.73. The van der Waals surface area contributed by atoms with Crippen molar-refractivity contribution in [3.63, 3.8) is 0 Å². The molecule has 20 heavy (non-hydrogen) atoms. The molecule has 0 saturated carbocycles. The van der Waals surface area contributed by atoms with Gasteiger partial charge in [-0.3, -0.25) is 0 Å². The molecular formula is C14H14N2O3S. The molecule has 2 rings (SSSR count). The van der Waals surface area contributed by atoms with Crippen LogP contribution in [0.3, 0.4) is 0 Å². The van der Waals surface area contributed by atoms with Gasteiger partial charge in [-0.25, -0.2) is 8.42 Å². The van der Waals surface area contributed by atoms with Crippen molar-refractivity contribution in [2.45, 2.75) is 18.4 Å². The maximum Gasteiger partial charge on any atom is 0.244 e. The molecule has 5 nitrogen and oxygen atoms in total. The molecule has 0 aliphatic rings. The van der Waals surface area contributed by atoms with E-state index in [0.717, 1.165) is 5.76 Å². The van der Waals surface area contributed by atoms with E-state index in [1.165, 1.54) is 23.5 Å². The predicted octanol–water partition coefficient (Wildman–Crippen LogP) is 2.28. The molecule has 1 heterocycles. The maximum atomic E-state index is 12.5. The Hall–Kier alpha value is -2.10. The molecule has 2 aromatic rings. The Morgan fingerprint density at radius 1 is 1.25 bits per heavy atom. The zero-order chi connectivity index (χ0) is 14.8. The first-order valence-corrected chi connectivity index (χ1v) is 7.40. The average Bonchev–Trinajstić information content (AvgIpc) is 2.84. The zero-order valence-corrected chi connectivity index (χ0v) is 12.0. The highest BCUT2D eigenvalue weighted by Crippen LogP contribution is 2.20. The normalized spacial score (nSPS) is 11.5. The van der Waals surface area contributed by atoms with E-state index in [9.17, 15) is 8.42 Å². The zero-order valence-electron chi connectivity index (χ0n) is 11.2. The van der Waals surface area contributed by atoms with Crippen LogP contribution in [0.15, 0.2) is 45.7 Å². The number of sulfonamides is 1. The lowest BCUT2D eigenvalue weighted by Gasteiger charge is -2.16. The van der Waals surface area contributed by atoms with Crippen LogP contribution < -0.4 is 0 Å². The molecule has 0 radical (unpaired) electrons. The predicted molar refractivity (Wildman–Crippen MR) is 73.3 cm³/mol. The first-order valence-electron chi connectivity index (χ1n) is 5.96. The lowest BCUT2D eigenvalue weighted by molar-refractivity contribution is 0.397. The van der Waals surface area contributed by atoms with Crippen molar-refractivity contribution in [3.05, 3.63) is 53.5 Å². The van der Waals surface area contributed by atoms with Crippen molar-refractivity contribution in [2.75, 3.05) is 7.05 Å². The van der Waals surface area contributed by atoms with Gasteiger partial charge in [-0.1, -0.05) is 12.1 Å². The molecule has 0 N–H and O–H groups in total. The van der Waals surface area contributed by atoms with E-state index < -0.39 is 10.0 Å². The fourth-order valence-corrected chi connectivity index (χ4v) is 3.10. The molecule has 1 aromatic carbocycles. The van der Waals surface area contributed by atoms with Crippen molar-refractivity contribution < 1.29 is 12.8 Å². The van der Waals surface area contributed by atoms with Crippen LogP contribution in [0.4, 0.5) is 0 Å². The van der Waals surface area contributed by atoms with Gasteiger partial charge in [0.15, 0.2) is 0 Å². The molecule has 0 amide bonds. The Kier molecular flexibility index (Phi) is 3.93. The van der Waals surface area contributed by atoms with Crippen molar-refractivity contribution in [3.8, 4) is 6.07 Å². The van der Waals surface area contributed by atoms with Crippen LogP contribution >= 0.6 is 0 Å². The Morgan fingerprint density at radius 3 is 2.55 bits per heavy atom. The summed E-state index contributed by atoms with van der Waals surface area (Å²) in [5.41, 5.74) is 0.134. The third-order valence-electron chi connectivity index (χ3n) is 2.87. The van der Waals surface area contributed by atoms with E-state index in [1.807, 2.05) is 6.07 Å². The molecule has 0 saturated heterocycles. The van der Waals surface area contributed by atoms with Crippen molar-refractivity contribution >= 4 is 10.0 Å². The van der Waals surface area contributed by atoms with Crippen LogP contribution in [0.1, 0.15) is 17.1 Å². The van der Waals surface area contributed by atoms with Gasteiger partial charge >= 0.3 is 0 Å². The molecule has 0 bridgehead atoms. The second kappa shape index (κ2) is 5.49. The van der Waals surface area contributed by atoms with Gasteiger partial charge < -0.3 is 4.42 Å². The maximum absolute atomic E-state index is 12.5. The van der Waals surface area contributed by atoms with Crippen molar-refractivity contribution in [1.82, 2.24) is 4.31 Å². The number of nitriles is 1. The smallest absolute Gasteiger partial charge is 0.244 e. The van der Waals surface area contributed by atoms with Gasteiger partial charge in [0.2, 0.25) is 10.0 Å². The van der Waals surface area contributed by atoms with Crippen LogP contribution in [0, 0.1) is 18.3 Å². The Bertz CT molecular complexity index is 757. The number of aryl methyl sites for hydroxylation is 1. The van der Waals surface area contributed by atoms with Crippen molar-refractivity contribution in [1.29, 1.82) is 5.26 Å². The highest BCUT2D eigenvalue weighted by molar-refractivity contribution is 7.89. The van der Waals surface area contributed by atoms with E-state index in [4.69, 9.17) is 9.68 Å². The van der Waals surface area contributed by atoms with E-state index in [-0.39, 0.29) is 17.0 Å². The summed E-state index contributed by atoms with van der Waals surface area (Å²) in [6.45, 7) is 1.92. The molecular weight excluding hydrogens is 276 g/mol. The topological polar surface area (TPSA) is 74.3 Å². The summed E-state index contributed by atoms with van der Waals surface area (Å²) in [6, 6.07) is 11.5. The second-order valence-corrected chi connectivity index (χ2v) is 6.39. The van der Waals surface area contributed by atoms with Gasteiger partial charge in [0.05, 0.1) is 17.0 Å². The molecule has 0 unspecified atom stereocenters. The van der Waals surface area contributed by atoms with E-state index >= 15 is 0 Å². The summed E-state index contributed by atoms with van der Waals surface area (Å²) in [6.07, 6.45) is 0. The lowest BCUT2D eigenvalue weighted by Crippen LogP contribution is -2.27. The number of rotatable bonds is 4. The highest BCUT2D eigenvalue weighted by Gasteiger charge is 2.24. The van der Waals surface area contributed by atoms with Crippen LogP contribution in [0.25, 0.3) is 0 Å². The number of furan rings is 1. The summed E-state index contributed by atoms with van der Waals surface area (Å²) in [5, 5.41) is 9.01. The van der Waals surface area contributed by atoms with Gasteiger partial charge in [0.1, 0.15) is 17.6 Å². The fraction of sp³-hybridized carbons (Fsp3) is 0.214. The minimum atomic E-state index is -3.72. The summed E-state index contributed by atoms with van der Waals surface area (Å²) >= 11 is 0. The SMILES string of the molecule is Cc1ccc(CN(C)S(=O)(=O)c2ccccc2C#N)o1. The van der Waals surface area contributed by atoms with E-state index in [0.29, 0.717) is 5.76 Å².